The molecule has 4 rings (SSSR count). The van der Waals surface area contributed by atoms with Gasteiger partial charge in [0, 0.05) is 10.9 Å². The van der Waals surface area contributed by atoms with Crippen molar-refractivity contribution in [3.8, 4) is 5.69 Å². The Morgan fingerprint density at radius 1 is 1.00 bits per heavy atom. The molecule has 2 aromatic heterocycles. The first-order valence-corrected chi connectivity index (χ1v) is 8.71. The van der Waals surface area contributed by atoms with Gasteiger partial charge in [-0.2, -0.15) is 8.97 Å². The van der Waals surface area contributed by atoms with Crippen LogP contribution in [0.5, 0.6) is 0 Å². The van der Waals surface area contributed by atoms with E-state index in [2.05, 4.69) is 22.1 Å². The Labute approximate surface area is 144 Å². The lowest BCUT2D eigenvalue weighted by atomic mass is 10.1. The number of imidazole rings is 1. The third-order valence-corrected chi connectivity index (χ3v) is 5.21. The monoisotopic (exact) mass is 333 g/mol. The standard InChI is InChI=1S/C20H17N2OS/c1-14-8-10-16(11-9-14)19(23)18-12-21(17-6-4-3-5-7-17)20-22(18)15(2)13-24-20/h3-13H,1-2H3/q+1. The normalized spacial score (nSPS) is 11.1. The van der Waals surface area contributed by atoms with Crippen molar-refractivity contribution in [2.75, 3.05) is 0 Å². The van der Waals surface area contributed by atoms with Gasteiger partial charge in [0.15, 0.2) is 0 Å². The molecular weight excluding hydrogens is 316 g/mol. The lowest BCUT2D eigenvalue weighted by Crippen LogP contribution is -2.28. The zero-order valence-corrected chi connectivity index (χ0v) is 14.4. The number of rotatable bonds is 3. The van der Waals surface area contributed by atoms with Gasteiger partial charge in [0.1, 0.15) is 17.6 Å². The Balaban J connectivity index is 1.91. The van der Waals surface area contributed by atoms with Crippen LogP contribution in [0.25, 0.3) is 10.6 Å². The Bertz CT molecular complexity index is 1030. The number of hydrogen-bond donors (Lipinski definition) is 0. The van der Waals surface area contributed by atoms with Crippen molar-refractivity contribution in [2.45, 2.75) is 13.8 Å². The molecule has 0 aliphatic rings. The van der Waals surface area contributed by atoms with E-state index in [9.17, 15) is 4.79 Å². The van der Waals surface area contributed by atoms with Crippen molar-refractivity contribution in [2.24, 2.45) is 0 Å². The third-order valence-electron chi connectivity index (χ3n) is 4.16. The van der Waals surface area contributed by atoms with Crippen LogP contribution in [0.15, 0.2) is 66.2 Å². The highest BCUT2D eigenvalue weighted by atomic mass is 32.1. The van der Waals surface area contributed by atoms with E-state index in [0.717, 1.165) is 21.9 Å². The molecular formula is C20H17N2OS+. The third kappa shape index (κ3) is 2.36. The van der Waals surface area contributed by atoms with Crippen LogP contribution in [-0.4, -0.2) is 10.2 Å². The van der Waals surface area contributed by atoms with E-state index in [-0.39, 0.29) is 5.78 Å². The summed E-state index contributed by atoms with van der Waals surface area (Å²) in [6.45, 7) is 4.06. The first kappa shape index (κ1) is 14.8. The van der Waals surface area contributed by atoms with Gasteiger partial charge in [0.25, 0.3) is 0 Å². The van der Waals surface area contributed by atoms with Crippen LogP contribution in [0.3, 0.4) is 0 Å². The summed E-state index contributed by atoms with van der Waals surface area (Å²) in [7, 11) is 0. The molecule has 0 fully saturated rings. The molecule has 0 aliphatic carbocycles. The Morgan fingerprint density at radius 2 is 1.71 bits per heavy atom. The first-order chi connectivity index (χ1) is 11.6. The maximum absolute atomic E-state index is 13.0. The fourth-order valence-corrected chi connectivity index (χ4v) is 3.87. The lowest BCUT2D eigenvalue weighted by Gasteiger charge is -1.98. The minimum absolute atomic E-state index is 0.0428. The molecule has 0 radical (unpaired) electrons. The smallest absolute Gasteiger partial charge is 0.284 e. The Morgan fingerprint density at radius 3 is 2.42 bits per heavy atom. The van der Waals surface area contributed by atoms with Gasteiger partial charge in [-0.15, -0.1) is 0 Å². The maximum atomic E-state index is 13.0. The Kier molecular flexibility index (Phi) is 3.54. The number of carbonyl (C=O) groups is 1. The number of hydrogen-bond acceptors (Lipinski definition) is 2. The largest absolute Gasteiger partial charge is 0.351 e. The van der Waals surface area contributed by atoms with Gasteiger partial charge < -0.3 is 0 Å². The summed E-state index contributed by atoms with van der Waals surface area (Å²) in [6.07, 6.45) is 1.94. The maximum Gasteiger partial charge on any atom is 0.351 e. The number of ketones is 1. The molecule has 4 heteroatoms. The van der Waals surface area contributed by atoms with Gasteiger partial charge in [0.05, 0.1) is 0 Å². The highest BCUT2D eigenvalue weighted by molar-refractivity contribution is 7.14. The van der Waals surface area contributed by atoms with Crippen molar-refractivity contribution >= 4 is 22.1 Å². The Hall–Kier alpha value is -2.72. The van der Waals surface area contributed by atoms with E-state index >= 15 is 0 Å². The van der Waals surface area contributed by atoms with E-state index in [1.807, 2.05) is 66.9 Å². The summed E-state index contributed by atoms with van der Waals surface area (Å²) in [6, 6.07) is 17.9. The second-order valence-electron chi connectivity index (χ2n) is 5.91. The van der Waals surface area contributed by atoms with E-state index in [1.165, 1.54) is 0 Å². The van der Waals surface area contributed by atoms with Crippen molar-refractivity contribution < 1.29 is 9.36 Å². The number of carbonyl (C=O) groups excluding carboxylic acids is 1. The summed E-state index contributed by atoms with van der Waals surface area (Å²) in [5.41, 5.74) is 4.68. The van der Waals surface area contributed by atoms with E-state index in [0.29, 0.717) is 11.3 Å². The first-order valence-electron chi connectivity index (χ1n) is 7.83. The molecule has 0 saturated heterocycles. The molecule has 0 atom stereocenters. The number of thiazole rings is 1. The van der Waals surface area contributed by atoms with Crippen LogP contribution < -0.4 is 4.57 Å². The topological polar surface area (TPSA) is 25.4 Å². The van der Waals surface area contributed by atoms with Crippen LogP contribution in [0.4, 0.5) is 0 Å². The van der Waals surface area contributed by atoms with Gasteiger partial charge in [-0.3, -0.25) is 4.79 Å². The molecule has 3 nitrogen and oxygen atoms in total. The number of fused-ring (bicyclic) bond motifs is 1. The quantitative estimate of drug-likeness (QED) is 0.409. The van der Waals surface area contributed by atoms with Gasteiger partial charge in [-0.1, -0.05) is 59.4 Å². The molecule has 0 N–H and O–H groups in total. The van der Waals surface area contributed by atoms with Crippen LogP contribution in [0, 0.1) is 13.8 Å². The summed E-state index contributed by atoms with van der Waals surface area (Å²) in [5, 5.41) is 2.08. The van der Waals surface area contributed by atoms with E-state index < -0.39 is 0 Å². The minimum Gasteiger partial charge on any atom is -0.284 e. The van der Waals surface area contributed by atoms with E-state index in [1.54, 1.807) is 11.3 Å². The second kappa shape index (κ2) is 5.73. The summed E-state index contributed by atoms with van der Waals surface area (Å²) in [5.74, 6) is 0.0428. The minimum atomic E-state index is 0.0428. The summed E-state index contributed by atoms with van der Waals surface area (Å²) >= 11 is 1.64. The summed E-state index contributed by atoms with van der Waals surface area (Å²) in [4.78, 5) is 14.1. The van der Waals surface area contributed by atoms with Crippen molar-refractivity contribution in [1.82, 2.24) is 4.40 Å². The highest BCUT2D eigenvalue weighted by Gasteiger charge is 2.27. The highest BCUT2D eigenvalue weighted by Crippen LogP contribution is 2.20. The number of aromatic nitrogens is 2. The molecule has 0 bridgehead atoms. The van der Waals surface area contributed by atoms with Crippen molar-refractivity contribution in [3.63, 3.8) is 0 Å². The second-order valence-corrected chi connectivity index (χ2v) is 6.75. The van der Waals surface area contributed by atoms with Gasteiger partial charge >= 0.3 is 4.96 Å². The van der Waals surface area contributed by atoms with Crippen LogP contribution in [-0.2, 0) is 0 Å². The van der Waals surface area contributed by atoms with Crippen molar-refractivity contribution in [1.29, 1.82) is 0 Å². The van der Waals surface area contributed by atoms with Crippen LogP contribution >= 0.6 is 11.3 Å². The molecule has 24 heavy (non-hydrogen) atoms. The number of para-hydroxylation sites is 1. The molecule has 4 aromatic rings. The van der Waals surface area contributed by atoms with Crippen molar-refractivity contribution in [3.05, 3.63) is 88.7 Å². The number of benzene rings is 2. The fraction of sp³-hybridized carbons (Fsp3) is 0.100. The average molecular weight is 333 g/mol. The fourth-order valence-electron chi connectivity index (χ4n) is 2.87. The number of nitrogens with zero attached hydrogens (tertiary/aromatic N) is 2. The molecule has 0 amide bonds. The van der Waals surface area contributed by atoms with E-state index in [4.69, 9.17) is 0 Å². The molecule has 2 aromatic carbocycles. The van der Waals surface area contributed by atoms with Gasteiger partial charge in [-0.25, -0.2) is 0 Å². The number of aryl methyl sites for hydroxylation is 2. The molecule has 118 valence electrons. The predicted octanol–water partition coefficient (Wildman–Crippen LogP) is 4.13. The molecule has 2 heterocycles. The molecule has 0 saturated carbocycles. The molecule has 0 unspecified atom stereocenters. The van der Waals surface area contributed by atoms with Crippen LogP contribution in [0.2, 0.25) is 0 Å². The predicted molar refractivity (Wildman–Crippen MR) is 96.2 cm³/mol. The molecule has 0 aliphatic heterocycles. The summed E-state index contributed by atoms with van der Waals surface area (Å²) < 4.78 is 4.12. The molecule has 0 spiro atoms. The lowest BCUT2D eigenvalue weighted by molar-refractivity contribution is -0.564. The average Bonchev–Trinajstić information content (AvgIpc) is 3.17. The zero-order chi connectivity index (χ0) is 16.7. The van der Waals surface area contributed by atoms with Gasteiger partial charge in [-0.05, 0) is 26.0 Å². The zero-order valence-electron chi connectivity index (χ0n) is 13.6. The SMILES string of the molecule is Cc1ccc(C(=O)c2c[n+](-c3ccccc3)c3scc(C)n23)cc1. The van der Waals surface area contributed by atoms with Gasteiger partial charge in [0.2, 0.25) is 11.5 Å². The van der Waals surface area contributed by atoms with Crippen LogP contribution in [0.1, 0.15) is 27.3 Å².